The van der Waals surface area contributed by atoms with Crippen LogP contribution in [0.5, 0.6) is 0 Å². The molecule has 1 aliphatic heterocycles. The number of rotatable bonds is 6. The van der Waals surface area contributed by atoms with Crippen molar-refractivity contribution in [2.24, 2.45) is 0 Å². The van der Waals surface area contributed by atoms with Crippen molar-refractivity contribution in [1.29, 1.82) is 0 Å². The summed E-state index contributed by atoms with van der Waals surface area (Å²) in [5.41, 5.74) is 5.59. The van der Waals surface area contributed by atoms with Gasteiger partial charge in [0.2, 0.25) is 0 Å². The molecule has 1 unspecified atom stereocenters. The Labute approximate surface area is 162 Å². The van der Waals surface area contributed by atoms with Crippen molar-refractivity contribution < 1.29 is 9.53 Å². The Morgan fingerprint density at radius 3 is 2.59 bits per heavy atom. The number of benzene rings is 2. The third kappa shape index (κ3) is 5.18. The standard InChI is InChI=1S/C23H30N2O2/c1-4-22(20-9-8-17(2)18(3)14-20)24-23(26)21-7-5-6-19(15-21)16-25-10-12-27-13-11-25/h5-9,14-15,22H,4,10-13,16H2,1-3H3,(H,24,26). The van der Waals surface area contributed by atoms with Crippen LogP contribution in [0, 0.1) is 13.8 Å². The number of carbonyl (C=O) groups is 1. The van der Waals surface area contributed by atoms with E-state index in [-0.39, 0.29) is 11.9 Å². The Morgan fingerprint density at radius 2 is 1.89 bits per heavy atom. The van der Waals surface area contributed by atoms with Crippen LogP contribution in [0.15, 0.2) is 42.5 Å². The zero-order chi connectivity index (χ0) is 19.2. The topological polar surface area (TPSA) is 41.6 Å². The molecule has 1 aliphatic rings. The van der Waals surface area contributed by atoms with Crippen molar-refractivity contribution in [2.75, 3.05) is 26.3 Å². The molecule has 1 atom stereocenters. The lowest BCUT2D eigenvalue weighted by Gasteiger charge is -2.26. The fourth-order valence-corrected chi connectivity index (χ4v) is 3.47. The van der Waals surface area contributed by atoms with Crippen LogP contribution in [-0.4, -0.2) is 37.1 Å². The van der Waals surface area contributed by atoms with E-state index in [0.717, 1.165) is 44.8 Å². The summed E-state index contributed by atoms with van der Waals surface area (Å²) in [4.78, 5) is 15.2. The van der Waals surface area contributed by atoms with E-state index in [1.165, 1.54) is 22.3 Å². The summed E-state index contributed by atoms with van der Waals surface area (Å²) in [6.07, 6.45) is 0.863. The minimum absolute atomic E-state index is 0.0103. The van der Waals surface area contributed by atoms with Gasteiger partial charge in [0.25, 0.3) is 5.91 Å². The first-order chi connectivity index (χ1) is 13.1. The predicted octanol–water partition coefficient (Wildman–Crippen LogP) is 4.02. The average molecular weight is 367 g/mol. The summed E-state index contributed by atoms with van der Waals surface area (Å²) >= 11 is 0. The lowest BCUT2D eigenvalue weighted by molar-refractivity contribution is 0.0342. The highest BCUT2D eigenvalue weighted by atomic mass is 16.5. The van der Waals surface area contributed by atoms with Crippen LogP contribution in [0.4, 0.5) is 0 Å². The van der Waals surface area contributed by atoms with Crippen molar-refractivity contribution in [3.05, 3.63) is 70.3 Å². The van der Waals surface area contributed by atoms with E-state index in [9.17, 15) is 4.79 Å². The number of amides is 1. The molecule has 1 heterocycles. The Morgan fingerprint density at radius 1 is 1.11 bits per heavy atom. The van der Waals surface area contributed by atoms with Crippen LogP contribution in [0.25, 0.3) is 0 Å². The van der Waals surface area contributed by atoms with Gasteiger partial charge in [-0.2, -0.15) is 0 Å². The van der Waals surface area contributed by atoms with Gasteiger partial charge in [0.15, 0.2) is 0 Å². The second kappa shape index (κ2) is 9.16. The number of aryl methyl sites for hydroxylation is 2. The summed E-state index contributed by atoms with van der Waals surface area (Å²) < 4.78 is 5.41. The van der Waals surface area contributed by atoms with Crippen molar-refractivity contribution in [1.82, 2.24) is 10.2 Å². The van der Waals surface area contributed by atoms with E-state index in [1.807, 2.05) is 18.2 Å². The van der Waals surface area contributed by atoms with Gasteiger partial charge in [-0.05, 0) is 54.7 Å². The monoisotopic (exact) mass is 366 g/mol. The zero-order valence-corrected chi connectivity index (χ0v) is 16.6. The van der Waals surface area contributed by atoms with Gasteiger partial charge in [-0.1, -0.05) is 37.3 Å². The summed E-state index contributed by atoms with van der Waals surface area (Å²) in [5.74, 6) is -0.0103. The number of nitrogens with zero attached hydrogens (tertiary/aromatic N) is 1. The van der Waals surface area contributed by atoms with Gasteiger partial charge in [-0.3, -0.25) is 9.69 Å². The highest BCUT2D eigenvalue weighted by Crippen LogP contribution is 2.21. The first-order valence-corrected chi connectivity index (χ1v) is 9.84. The smallest absolute Gasteiger partial charge is 0.251 e. The second-order valence-electron chi connectivity index (χ2n) is 7.37. The summed E-state index contributed by atoms with van der Waals surface area (Å²) in [5, 5.41) is 3.20. The third-order valence-corrected chi connectivity index (χ3v) is 5.35. The van der Waals surface area contributed by atoms with E-state index in [4.69, 9.17) is 4.74 Å². The van der Waals surface area contributed by atoms with Gasteiger partial charge in [0, 0.05) is 25.2 Å². The maximum Gasteiger partial charge on any atom is 0.251 e. The highest BCUT2D eigenvalue weighted by Gasteiger charge is 2.16. The van der Waals surface area contributed by atoms with Gasteiger partial charge in [0.1, 0.15) is 0 Å². The molecule has 0 radical (unpaired) electrons. The summed E-state index contributed by atoms with van der Waals surface area (Å²) in [6, 6.07) is 14.4. The van der Waals surface area contributed by atoms with E-state index >= 15 is 0 Å². The van der Waals surface area contributed by atoms with Gasteiger partial charge >= 0.3 is 0 Å². The quantitative estimate of drug-likeness (QED) is 0.840. The van der Waals surface area contributed by atoms with Crippen LogP contribution in [0.3, 0.4) is 0 Å². The maximum atomic E-state index is 12.8. The number of nitrogens with one attached hydrogen (secondary N) is 1. The first kappa shape index (κ1) is 19.6. The van der Waals surface area contributed by atoms with E-state index in [2.05, 4.69) is 55.3 Å². The first-order valence-electron chi connectivity index (χ1n) is 9.84. The van der Waals surface area contributed by atoms with Crippen molar-refractivity contribution >= 4 is 5.91 Å². The van der Waals surface area contributed by atoms with Crippen molar-refractivity contribution in [3.63, 3.8) is 0 Å². The molecule has 144 valence electrons. The van der Waals surface area contributed by atoms with Gasteiger partial charge in [0.05, 0.1) is 19.3 Å². The molecule has 2 aromatic carbocycles. The zero-order valence-electron chi connectivity index (χ0n) is 16.6. The largest absolute Gasteiger partial charge is 0.379 e. The number of hydrogen-bond acceptors (Lipinski definition) is 3. The molecule has 0 bridgehead atoms. The lowest BCUT2D eigenvalue weighted by Crippen LogP contribution is -2.35. The normalized spacial score (nSPS) is 16.1. The van der Waals surface area contributed by atoms with E-state index in [0.29, 0.717) is 0 Å². The Bertz CT molecular complexity index is 782. The Kier molecular flexibility index (Phi) is 6.64. The molecule has 1 amide bonds. The van der Waals surface area contributed by atoms with Crippen molar-refractivity contribution in [2.45, 2.75) is 39.8 Å². The van der Waals surface area contributed by atoms with Crippen LogP contribution in [-0.2, 0) is 11.3 Å². The molecule has 3 rings (SSSR count). The minimum Gasteiger partial charge on any atom is -0.379 e. The summed E-state index contributed by atoms with van der Waals surface area (Å²) in [6.45, 7) is 10.7. The second-order valence-corrected chi connectivity index (χ2v) is 7.37. The molecule has 4 heteroatoms. The minimum atomic E-state index is -0.0103. The Hall–Kier alpha value is -2.17. The number of carbonyl (C=O) groups excluding carboxylic acids is 1. The molecule has 0 aliphatic carbocycles. The van der Waals surface area contributed by atoms with Crippen molar-refractivity contribution in [3.8, 4) is 0 Å². The SMILES string of the molecule is CCC(NC(=O)c1cccc(CN2CCOCC2)c1)c1ccc(C)c(C)c1. The molecule has 2 aromatic rings. The fourth-order valence-electron chi connectivity index (χ4n) is 3.47. The third-order valence-electron chi connectivity index (χ3n) is 5.35. The molecule has 1 N–H and O–H groups in total. The Balaban J connectivity index is 1.68. The molecule has 4 nitrogen and oxygen atoms in total. The number of ether oxygens (including phenoxy) is 1. The summed E-state index contributed by atoms with van der Waals surface area (Å²) in [7, 11) is 0. The van der Waals surface area contributed by atoms with Crippen LogP contribution >= 0.6 is 0 Å². The molecule has 1 saturated heterocycles. The predicted molar refractivity (Wildman–Crippen MR) is 109 cm³/mol. The van der Waals surface area contributed by atoms with Gasteiger partial charge in [-0.15, -0.1) is 0 Å². The number of morpholine rings is 1. The average Bonchev–Trinajstić information content (AvgIpc) is 2.69. The molecule has 0 aromatic heterocycles. The molecular formula is C23H30N2O2. The highest BCUT2D eigenvalue weighted by molar-refractivity contribution is 5.94. The van der Waals surface area contributed by atoms with E-state index < -0.39 is 0 Å². The number of hydrogen-bond donors (Lipinski definition) is 1. The molecule has 0 saturated carbocycles. The van der Waals surface area contributed by atoms with E-state index in [1.54, 1.807) is 0 Å². The molecule has 0 spiro atoms. The fraction of sp³-hybridized carbons (Fsp3) is 0.435. The molecular weight excluding hydrogens is 336 g/mol. The van der Waals surface area contributed by atoms with Crippen LogP contribution in [0.2, 0.25) is 0 Å². The maximum absolute atomic E-state index is 12.8. The lowest BCUT2D eigenvalue weighted by atomic mass is 9.99. The van der Waals surface area contributed by atoms with Crippen LogP contribution < -0.4 is 5.32 Å². The van der Waals surface area contributed by atoms with Gasteiger partial charge in [-0.25, -0.2) is 0 Å². The van der Waals surface area contributed by atoms with Crippen LogP contribution in [0.1, 0.15) is 52.0 Å². The molecule has 27 heavy (non-hydrogen) atoms. The van der Waals surface area contributed by atoms with Gasteiger partial charge < -0.3 is 10.1 Å². The molecule has 1 fully saturated rings.